The molecule has 2 aromatic carbocycles. The number of benzene rings is 2. The summed E-state index contributed by atoms with van der Waals surface area (Å²) in [4.78, 5) is 23.4. The predicted molar refractivity (Wildman–Crippen MR) is 110 cm³/mol. The lowest BCUT2D eigenvalue weighted by atomic mass is 10.2. The molecule has 0 aliphatic carbocycles. The molecule has 138 valence electrons. The maximum Gasteiger partial charge on any atom is 0.274 e. The van der Waals surface area contributed by atoms with Crippen LogP contribution in [0.3, 0.4) is 0 Å². The molecule has 3 rings (SSSR count). The summed E-state index contributed by atoms with van der Waals surface area (Å²) < 4.78 is 0. The van der Waals surface area contributed by atoms with Crippen molar-refractivity contribution >= 4 is 28.9 Å². The Kier molecular flexibility index (Phi) is 5.35. The van der Waals surface area contributed by atoms with Crippen molar-refractivity contribution in [3.8, 4) is 0 Å². The second kappa shape index (κ2) is 7.86. The Morgan fingerprint density at radius 2 is 1.67 bits per heavy atom. The zero-order valence-corrected chi connectivity index (χ0v) is 15.9. The number of hydrogen-bond donors (Lipinski definition) is 2. The van der Waals surface area contributed by atoms with Gasteiger partial charge in [0.15, 0.2) is 0 Å². The summed E-state index contributed by atoms with van der Waals surface area (Å²) in [6.07, 6.45) is 0. The molecule has 27 heavy (non-hydrogen) atoms. The minimum Gasteiger partial charge on any atom is -0.378 e. The van der Waals surface area contributed by atoms with Crippen molar-refractivity contribution < 1.29 is 4.79 Å². The molecule has 0 aliphatic heterocycles. The number of carbonyl (C=O) groups excluding carboxylic acids is 1. The third kappa shape index (κ3) is 4.61. The van der Waals surface area contributed by atoms with Crippen molar-refractivity contribution in [3.05, 3.63) is 71.5 Å². The van der Waals surface area contributed by atoms with Crippen LogP contribution >= 0.6 is 0 Å². The van der Waals surface area contributed by atoms with E-state index in [1.54, 1.807) is 6.07 Å². The Labute approximate surface area is 159 Å². The van der Waals surface area contributed by atoms with Gasteiger partial charge in [0, 0.05) is 36.9 Å². The van der Waals surface area contributed by atoms with Gasteiger partial charge in [-0.15, -0.1) is 0 Å². The van der Waals surface area contributed by atoms with Crippen LogP contribution in [0.2, 0.25) is 0 Å². The summed E-state index contributed by atoms with van der Waals surface area (Å²) in [5, 5.41) is 6.06. The smallest absolute Gasteiger partial charge is 0.274 e. The first kappa shape index (κ1) is 18.4. The molecule has 0 saturated carbocycles. The molecule has 0 atom stereocenters. The van der Waals surface area contributed by atoms with Crippen LogP contribution in [0, 0.1) is 13.8 Å². The fraction of sp³-hybridized carbons (Fsp3) is 0.190. The van der Waals surface area contributed by atoms with E-state index in [1.807, 2.05) is 81.4 Å². The van der Waals surface area contributed by atoms with E-state index in [0.717, 1.165) is 22.6 Å². The normalized spacial score (nSPS) is 10.4. The van der Waals surface area contributed by atoms with E-state index in [4.69, 9.17) is 0 Å². The van der Waals surface area contributed by atoms with E-state index in [2.05, 4.69) is 20.6 Å². The summed E-state index contributed by atoms with van der Waals surface area (Å²) >= 11 is 0. The van der Waals surface area contributed by atoms with Crippen LogP contribution in [0.25, 0.3) is 0 Å². The topological polar surface area (TPSA) is 70.2 Å². The van der Waals surface area contributed by atoms with E-state index in [-0.39, 0.29) is 5.91 Å². The molecule has 0 spiro atoms. The van der Waals surface area contributed by atoms with Crippen LogP contribution in [-0.2, 0) is 0 Å². The van der Waals surface area contributed by atoms with Crippen LogP contribution < -0.4 is 15.5 Å². The third-order valence-corrected chi connectivity index (χ3v) is 4.12. The molecule has 6 nitrogen and oxygen atoms in total. The van der Waals surface area contributed by atoms with Gasteiger partial charge in [0.1, 0.15) is 5.69 Å². The largest absolute Gasteiger partial charge is 0.378 e. The number of hydrogen-bond acceptors (Lipinski definition) is 5. The van der Waals surface area contributed by atoms with Gasteiger partial charge >= 0.3 is 0 Å². The van der Waals surface area contributed by atoms with Crippen molar-refractivity contribution in [2.24, 2.45) is 0 Å². The van der Waals surface area contributed by atoms with Crippen molar-refractivity contribution in [1.29, 1.82) is 0 Å². The molecule has 0 saturated heterocycles. The number of rotatable bonds is 5. The fourth-order valence-electron chi connectivity index (χ4n) is 2.61. The Hall–Kier alpha value is -3.41. The fourth-order valence-corrected chi connectivity index (χ4v) is 2.61. The van der Waals surface area contributed by atoms with E-state index in [1.165, 1.54) is 0 Å². The van der Waals surface area contributed by atoms with Gasteiger partial charge in [-0.2, -0.15) is 0 Å². The van der Waals surface area contributed by atoms with Gasteiger partial charge in [-0.1, -0.05) is 18.2 Å². The first-order chi connectivity index (χ1) is 12.9. The van der Waals surface area contributed by atoms with Crippen molar-refractivity contribution in [2.75, 3.05) is 29.6 Å². The summed E-state index contributed by atoms with van der Waals surface area (Å²) in [7, 11) is 3.94. The predicted octanol–water partition coefficient (Wildman–Crippen LogP) is 4.16. The van der Waals surface area contributed by atoms with Crippen LogP contribution in [0.1, 0.15) is 21.7 Å². The van der Waals surface area contributed by atoms with Crippen molar-refractivity contribution in [1.82, 2.24) is 9.97 Å². The molecule has 2 N–H and O–H groups in total. The first-order valence-corrected chi connectivity index (χ1v) is 8.69. The van der Waals surface area contributed by atoms with E-state index in [0.29, 0.717) is 17.3 Å². The van der Waals surface area contributed by atoms with E-state index >= 15 is 0 Å². The van der Waals surface area contributed by atoms with Gasteiger partial charge in [0.05, 0.1) is 0 Å². The molecule has 1 amide bonds. The number of aromatic nitrogens is 2. The minimum atomic E-state index is -0.272. The lowest BCUT2D eigenvalue weighted by Crippen LogP contribution is -2.16. The monoisotopic (exact) mass is 361 g/mol. The highest BCUT2D eigenvalue weighted by atomic mass is 16.1. The summed E-state index contributed by atoms with van der Waals surface area (Å²) in [6, 6.07) is 17.2. The van der Waals surface area contributed by atoms with Crippen LogP contribution in [0.4, 0.5) is 23.0 Å². The molecule has 0 bridgehead atoms. The number of aryl methyl sites for hydroxylation is 2. The molecule has 3 aromatic rings. The van der Waals surface area contributed by atoms with Gasteiger partial charge < -0.3 is 15.5 Å². The third-order valence-electron chi connectivity index (χ3n) is 4.12. The van der Waals surface area contributed by atoms with Gasteiger partial charge in [-0.3, -0.25) is 4.79 Å². The molecule has 0 unspecified atom stereocenters. The first-order valence-electron chi connectivity index (χ1n) is 8.69. The SMILES string of the molecule is Cc1cc(C(=O)Nc2ccc(N(C)C)cc2)nc(Nc2ccccc2C)n1. The zero-order valence-electron chi connectivity index (χ0n) is 15.9. The average Bonchev–Trinajstić information content (AvgIpc) is 2.63. The molecule has 1 aromatic heterocycles. The lowest BCUT2D eigenvalue weighted by Gasteiger charge is -2.13. The summed E-state index contributed by atoms with van der Waals surface area (Å²) in [5.74, 6) is 0.128. The second-order valence-electron chi connectivity index (χ2n) is 6.55. The van der Waals surface area contributed by atoms with E-state index in [9.17, 15) is 4.79 Å². The van der Waals surface area contributed by atoms with Gasteiger partial charge in [0.25, 0.3) is 5.91 Å². The highest BCUT2D eigenvalue weighted by molar-refractivity contribution is 6.03. The summed E-state index contributed by atoms with van der Waals surface area (Å²) in [6.45, 7) is 3.84. The second-order valence-corrected chi connectivity index (χ2v) is 6.55. The number of anilines is 4. The Morgan fingerprint density at radius 1 is 0.963 bits per heavy atom. The quantitative estimate of drug-likeness (QED) is 0.714. The van der Waals surface area contributed by atoms with Crippen LogP contribution in [0.5, 0.6) is 0 Å². The van der Waals surface area contributed by atoms with Crippen LogP contribution in [-0.4, -0.2) is 30.0 Å². The zero-order chi connectivity index (χ0) is 19.4. The highest BCUT2D eigenvalue weighted by Gasteiger charge is 2.12. The molecule has 6 heteroatoms. The molecule has 0 aliphatic rings. The molecule has 1 heterocycles. The molecular formula is C21H23N5O. The minimum absolute atomic E-state index is 0.272. The number of nitrogens with one attached hydrogen (secondary N) is 2. The highest BCUT2D eigenvalue weighted by Crippen LogP contribution is 2.19. The number of nitrogens with zero attached hydrogens (tertiary/aromatic N) is 3. The maximum absolute atomic E-state index is 12.6. The Balaban J connectivity index is 1.78. The number of para-hydroxylation sites is 1. The van der Waals surface area contributed by atoms with Crippen molar-refractivity contribution in [2.45, 2.75) is 13.8 Å². The van der Waals surface area contributed by atoms with Gasteiger partial charge in [-0.25, -0.2) is 9.97 Å². The van der Waals surface area contributed by atoms with Crippen LogP contribution in [0.15, 0.2) is 54.6 Å². The van der Waals surface area contributed by atoms with Gasteiger partial charge in [-0.05, 0) is 55.8 Å². The number of amides is 1. The lowest BCUT2D eigenvalue weighted by molar-refractivity contribution is 0.102. The molecular weight excluding hydrogens is 338 g/mol. The number of carbonyl (C=O) groups is 1. The van der Waals surface area contributed by atoms with Gasteiger partial charge in [0.2, 0.25) is 5.95 Å². The standard InChI is InChI=1S/C21H23N5O/c1-14-7-5-6-8-18(14)24-21-22-15(2)13-19(25-21)20(27)23-16-9-11-17(12-10-16)26(3)4/h5-13H,1-4H3,(H,23,27)(H,22,24,25). The summed E-state index contributed by atoms with van der Waals surface area (Å²) in [5.41, 5.74) is 4.80. The average molecular weight is 361 g/mol. The molecule has 0 fully saturated rings. The van der Waals surface area contributed by atoms with E-state index < -0.39 is 0 Å². The Bertz CT molecular complexity index is 951. The molecule has 0 radical (unpaired) electrons. The van der Waals surface area contributed by atoms with Crippen molar-refractivity contribution in [3.63, 3.8) is 0 Å². The maximum atomic E-state index is 12.6. The Morgan fingerprint density at radius 3 is 2.33 bits per heavy atom.